The number of carbonyl (C=O) groups excluding carboxylic acids is 2. The number of hydrogen-bond donors (Lipinski definition) is 1. The Morgan fingerprint density at radius 2 is 1.68 bits per heavy atom. The maximum Gasteiger partial charge on any atom is 0.337 e. The lowest BCUT2D eigenvalue weighted by molar-refractivity contribution is 0.0600. The molecule has 0 unspecified atom stereocenters. The summed E-state index contributed by atoms with van der Waals surface area (Å²) < 4.78 is 4.71. The SMILES string of the molecule is COC(=O)c1cccc(C#Cc2cccc(NC(=O)c3cnc(C)cn3)c2)c1. The molecule has 0 saturated carbocycles. The number of methoxy groups -OCH3 is 1. The van der Waals surface area contributed by atoms with Crippen LogP contribution in [0.25, 0.3) is 0 Å². The van der Waals surface area contributed by atoms with Crippen LogP contribution in [0.3, 0.4) is 0 Å². The Morgan fingerprint density at radius 3 is 2.36 bits per heavy atom. The van der Waals surface area contributed by atoms with Gasteiger partial charge in [0.05, 0.1) is 24.6 Å². The van der Waals surface area contributed by atoms with Gasteiger partial charge in [0.25, 0.3) is 5.91 Å². The van der Waals surface area contributed by atoms with Gasteiger partial charge in [-0.1, -0.05) is 24.0 Å². The van der Waals surface area contributed by atoms with Crippen LogP contribution in [0.2, 0.25) is 0 Å². The molecule has 1 N–H and O–H groups in total. The van der Waals surface area contributed by atoms with Gasteiger partial charge in [0, 0.05) is 23.0 Å². The second kappa shape index (κ2) is 8.60. The third-order valence-electron chi connectivity index (χ3n) is 3.77. The summed E-state index contributed by atoms with van der Waals surface area (Å²) in [7, 11) is 1.34. The van der Waals surface area contributed by atoms with E-state index >= 15 is 0 Å². The molecule has 138 valence electrons. The van der Waals surface area contributed by atoms with Crippen LogP contribution in [0.1, 0.15) is 37.7 Å². The summed E-state index contributed by atoms with van der Waals surface area (Å²) in [5.41, 5.74) is 3.42. The minimum absolute atomic E-state index is 0.238. The molecule has 1 aromatic heterocycles. The molecule has 3 aromatic rings. The zero-order valence-corrected chi connectivity index (χ0v) is 15.4. The second-order valence-electron chi connectivity index (χ2n) is 5.90. The van der Waals surface area contributed by atoms with E-state index in [1.807, 2.05) is 6.07 Å². The number of carbonyl (C=O) groups is 2. The van der Waals surface area contributed by atoms with Gasteiger partial charge in [-0.2, -0.15) is 0 Å². The molecule has 0 aliphatic heterocycles. The average Bonchev–Trinajstić information content (AvgIpc) is 2.72. The molecule has 28 heavy (non-hydrogen) atoms. The van der Waals surface area contributed by atoms with Crippen molar-refractivity contribution in [2.24, 2.45) is 0 Å². The Morgan fingerprint density at radius 1 is 0.964 bits per heavy atom. The summed E-state index contributed by atoms with van der Waals surface area (Å²) in [5.74, 6) is 5.28. The molecule has 1 amide bonds. The maximum absolute atomic E-state index is 12.3. The predicted molar refractivity (Wildman–Crippen MR) is 105 cm³/mol. The van der Waals surface area contributed by atoms with Gasteiger partial charge in [0.1, 0.15) is 5.69 Å². The number of amides is 1. The number of rotatable bonds is 3. The smallest absolute Gasteiger partial charge is 0.337 e. The average molecular weight is 371 g/mol. The number of aromatic nitrogens is 2. The van der Waals surface area contributed by atoms with Gasteiger partial charge in [-0.3, -0.25) is 9.78 Å². The van der Waals surface area contributed by atoms with E-state index in [-0.39, 0.29) is 11.6 Å². The summed E-state index contributed by atoms with van der Waals surface area (Å²) in [6.07, 6.45) is 2.97. The lowest BCUT2D eigenvalue weighted by Gasteiger charge is -2.05. The molecule has 0 saturated heterocycles. The molecule has 0 spiro atoms. The van der Waals surface area contributed by atoms with Crippen molar-refractivity contribution in [1.82, 2.24) is 9.97 Å². The van der Waals surface area contributed by atoms with E-state index < -0.39 is 5.97 Å². The molecule has 2 aromatic carbocycles. The van der Waals surface area contributed by atoms with E-state index in [1.54, 1.807) is 55.6 Å². The van der Waals surface area contributed by atoms with E-state index in [1.165, 1.54) is 13.3 Å². The molecule has 0 fully saturated rings. The standard InChI is InChI=1S/C22H17N3O3/c1-15-13-24-20(14-23-15)21(26)25-19-8-4-6-17(12-19)10-9-16-5-3-7-18(11-16)22(27)28-2/h3-8,11-14H,1-2H3,(H,25,26). The van der Waals surface area contributed by atoms with Crippen molar-refractivity contribution in [1.29, 1.82) is 0 Å². The lowest BCUT2D eigenvalue weighted by atomic mass is 10.1. The number of hydrogen-bond acceptors (Lipinski definition) is 5. The molecule has 0 aliphatic rings. The lowest BCUT2D eigenvalue weighted by Crippen LogP contribution is -2.14. The van der Waals surface area contributed by atoms with Gasteiger partial charge >= 0.3 is 5.97 Å². The van der Waals surface area contributed by atoms with Crippen molar-refractivity contribution >= 4 is 17.6 Å². The molecule has 0 bridgehead atoms. The van der Waals surface area contributed by atoms with Gasteiger partial charge < -0.3 is 10.1 Å². The molecule has 0 atom stereocenters. The highest BCUT2D eigenvalue weighted by Crippen LogP contribution is 2.12. The number of nitrogens with zero attached hydrogens (tertiary/aromatic N) is 2. The van der Waals surface area contributed by atoms with Gasteiger partial charge in [0.15, 0.2) is 0 Å². The second-order valence-corrected chi connectivity index (χ2v) is 5.90. The van der Waals surface area contributed by atoms with Crippen LogP contribution < -0.4 is 5.32 Å². The van der Waals surface area contributed by atoms with Crippen molar-refractivity contribution in [3.63, 3.8) is 0 Å². The molecular formula is C22H17N3O3. The van der Waals surface area contributed by atoms with E-state index in [0.29, 0.717) is 16.8 Å². The summed E-state index contributed by atoms with van der Waals surface area (Å²) in [6.45, 7) is 1.80. The summed E-state index contributed by atoms with van der Waals surface area (Å²) in [4.78, 5) is 32.0. The van der Waals surface area contributed by atoms with Crippen molar-refractivity contribution in [3.8, 4) is 11.8 Å². The number of anilines is 1. The predicted octanol–water partition coefficient (Wildman–Crippen LogP) is 3.22. The van der Waals surface area contributed by atoms with Crippen LogP contribution in [0.15, 0.2) is 60.9 Å². The van der Waals surface area contributed by atoms with Crippen LogP contribution in [-0.4, -0.2) is 29.0 Å². The highest BCUT2D eigenvalue weighted by atomic mass is 16.5. The molecular weight excluding hydrogens is 354 g/mol. The highest BCUT2D eigenvalue weighted by molar-refractivity contribution is 6.02. The minimum Gasteiger partial charge on any atom is -0.465 e. The summed E-state index contributed by atoms with van der Waals surface area (Å²) >= 11 is 0. The van der Waals surface area contributed by atoms with E-state index in [4.69, 9.17) is 4.74 Å². The number of nitrogens with one attached hydrogen (secondary N) is 1. The van der Waals surface area contributed by atoms with Crippen LogP contribution in [0.4, 0.5) is 5.69 Å². The number of benzene rings is 2. The van der Waals surface area contributed by atoms with Crippen LogP contribution in [-0.2, 0) is 4.74 Å². The maximum atomic E-state index is 12.3. The number of esters is 1. The Hall–Kier alpha value is -3.98. The van der Waals surface area contributed by atoms with Gasteiger partial charge in [-0.05, 0) is 43.3 Å². The fourth-order valence-corrected chi connectivity index (χ4v) is 2.37. The minimum atomic E-state index is -0.410. The quantitative estimate of drug-likeness (QED) is 0.565. The number of ether oxygens (including phenoxy) is 1. The van der Waals surface area contributed by atoms with E-state index in [2.05, 4.69) is 27.1 Å². The van der Waals surface area contributed by atoms with Gasteiger partial charge in [0.2, 0.25) is 0 Å². The normalized spacial score (nSPS) is 9.79. The van der Waals surface area contributed by atoms with Gasteiger partial charge in [-0.25, -0.2) is 9.78 Å². The zero-order chi connectivity index (χ0) is 19.9. The first-order chi connectivity index (χ1) is 13.5. The molecule has 1 heterocycles. The highest BCUT2D eigenvalue weighted by Gasteiger charge is 2.08. The van der Waals surface area contributed by atoms with Crippen LogP contribution in [0.5, 0.6) is 0 Å². The van der Waals surface area contributed by atoms with Gasteiger partial charge in [-0.15, -0.1) is 0 Å². The Bertz CT molecular complexity index is 1080. The third-order valence-corrected chi connectivity index (χ3v) is 3.77. The van der Waals surface area contributed by atoms with Crippen molar-refractivity contribution in [3.05, 3.63) is 89.0 Å². The first-order valence-electron chi connectivity index (χ1n) is 8.45. The summed E-state index contributed by atoms with van der Waals surface area (Å²) in [5, 5.41) is 2.78. The Balaban J connectivity index is 1.76. The van der Waals surface area contributed by atoms with Crippen LogP contribution >= 0.6 is 0 Å². The topological polar surface area (TPSA) is 81.2 Å². The van der Waals surface area contributed by atoms with Crippen molar-refractivity contribution in [2.75, 3.05) is 12.4 Å². The summed E-state index contributed by atoms with van der Waals surface area (Å²) in [6, 6.07) is 14.0. The largest absolute Gasteiger partial charge is 0.465 e. The molecule has 0 aliphatic carbocycles. The Kier molecular flexibility index (Phi) is 5.78. The Labute approximate surface area is 162 Å². The van der Waals surface area contributed by atoms with Crippen molar-refractivity contribution in [2.45, 2.75) is 6.92 Å². The van der Waals surface area contributed by atoms with E-state index in [0.717, 1.165) is 11.3 Å². The van der Waals surface area contributed by atoms with Crippen LogP contribution in [0, 0.1) is 18.8 Å². The fourth-order valence-electron chi connectivity index (χ4n) is 2.37. The molecule has 0 radical (unpaired) electrons. The van der Waals surface area contributed by atoms with Crippen molar-refractivity contribution < 1.29 is 14.3 Å². The first-order valence-corrected chi connectivity index (χ1v) is 8.45. The fraction of sp³-hybridized carbons (Fsp3) is 0.0909. The first kappa shape index (κ1) is 18.8. The van der Waals surface area contributed by atoms with E-state index in [9.17, 15) is 9.59 Å². The number of aryl methyl sites for hydroxylation is 1. The molecule has 6 nitrogen and oxygen atoms in total. The zero-order valence-electron chi connectivity index (χ0n) is 15.4. The molecule has 6 heteroatoms. The molecule has 3 rings (SSSR count). The third kappa shape index (κ3) is 4.80. The monoisotopic (exact) mass is 371 g/mol.